The average Bonchev–Trinajstić information content (AvgIpc) is 2.88. The fraction of sp³-hybridized carbons (Fsp3) is 0.923. The van der Waals surface area contributed by atoms with Gasteiger partial charge in [0, 0.05) is 78.0 Å². The molecule has 0 heterocycles. The van der Waals surface area contributed by atoms with Crippen molar-refractivity contribution in [2.24, 2.45) is 11.8 Å². The molecule has 0 aliphatic rings. The summed E-state index contributed by atoms with van der Waals surface area (Å²) in [5.41, 5.74) is 0. The Hall–Kier alpha value is 1.02. The molecule has 2 unspecified atom stereocenters. The van der Waals surface area contributed by atoms with E-state index in [0.717, 1.165) is 60.0 Å². The van der Waals surface area contributed by atoms with Crippen molar-refractivity contribution >= 4 is 75.7 Å². The summed E-state index contributed by atoms with van der Waals surface area (Å²) in [5, 5.41) is 0. The number of ether oxygens (including phenoxy) is 4. The Labute approximate surface area is 259 Å². The molecule has 0 radical (unpaired) electrons. The molecule has 0 aromatic heterocycles. The third-order valence-electron chi connectivity index (χ3n) is 5.72. The second-order valence-electron chi connectivity index (χ2n) is 9.05. The van der Waals surface area contributed by atoms with E-state index in [1.54, 1.807) is 0 Å². The molecule has 38 heavy (non-hydrogen) atoms. The first kappa shape index (κ1) is 39.0. The molecule has 0 saturated heterocycles. The van der Waals surface area contributed by atoms with Crippen molar-refractivity contribution in [3.8, 4) is 0 Å². The van der Waals surface area contributed by atoms with Gasteiger partial charge in [-0.2, -0.15) is 0 Å². The summed E-state index contributed by atoms with van der Waals surface area (Å²) < 4.78 is 22.9. The van der Waals surface area contributed by atoms with Gasteiger partial charge in [-0.1, -0.05) is 46.0 Å². The van der Waals surface area contributed by atoms with Gasteiger partial charge in [0.15, 0.2) is 12.6 Å². The summed E-state index contributed by atoms with van der Waals surface area (Å²) in [5.74, 6) is 2.85. The summed E-state index contributed by atoms with van der Waals surface area (Å²) >= 11 is 11.5. The average molecular weight is 649 g/mol. The SMILES string of the molecule is CCOC(CCC(CCSSSSCCC(CCC(OCC)OCC)C(=S)N(C)C)C(=S)N(C)C)OCC. The molecule has 0 aromatic rings. The highest BCUT2D eigenvalue weighted by atomic mass is 33.7. The van der Waals surface area contributed by atoms with Crippen molar-refractivity contribution in [1.29, 1.82) is 0 Å². The van der Waals surface area contributed by atoms with Gasteiger partial charge in [-0.15, -0.1) is 0 Å². The lowest BCUT2D eigenvalue weighted by Gasteiger charge is -2.25. The monoisotopic (exact) mass is 648 g/mol. The van der Waals surface area contributed by atoms with Crippen molar-refractivity contribution in [3.63, 3.8) is 0 Å². The van der Waals surface area contributed by atoms with Gasteiger partial charge in [0.1, 0.15) is 0 Å². The van der Waals surface area contributed by atoms with E-state index in [4.69, 9.17) is 43.4 Å². The van der Waals surface area contributed by atoms with E-state index in [2.05, 4.69) is 9.80 Å². The standard InChI is InChI=1S/C26H52N2O4S6/c1-9-29-23(30-10-2)15-13-21(25(33)27(5)6)17-19-35-37-38-36-20-18-22(26(34)28(7)8)14-16-24(31-11-3)32-12-4/h21-24H,9-20H2,1-8H3. The van der Waals surface area contributed by atoms with Crippen LogP contribution < -0.4 is 0 Å². The predicted octanol–water partition coefficient (Wildman–Crippen LogP) is 7.81. The van der Waals surface area contributed by atoms with Gasteiger partial charge in [-0.3, -0.25) is 0 Å². The molecule has 0 spiro atoms. The summed E-state index contributed by atoms with van der Waals surface area (Å²) in [6.45, 7) is 10.7. The maximum atomic E-state index is 5.74. The van der Waals surface area contributed by atoms with E-state index in [9.17, 15) is 0 Å². The van der Waals surface area contributed by atoms with Crippen LogP contribution in [0.5, 0.6) is 0 Å². The van der Waals surface area contributed by atoms with Gasteiger partial charge in [0.25, 0.3) is 0 Å². The molecule has 0 saturated carbocycles. The van der Waals surface area contributed by atoms with E-state index in [1.165, 1.54) is 0 Å². The zero-order valence-corrected chi connectivity index (χ0v) is 29.7. The van der Waals surface area contributed by atoms with E-state index in [0.29, 0.717) is 38.3 Å². The van der Waals surface area contributed by atoms with Gasteiger partial charge in [0.2, 0.25) is 0 Å². The van der Waals surface area contributed by atoms with Gasteiger partial charge in [-0.05, 0) is 85.9 Å². The van der Waals surface area contributed by atoms with Crippen LogP contribution in [0.3, 0.4) is 0 Å². The molecule has 0 fully saturated rings. The molecule has 0 rings (SSSR count). The summed E-state index contributed by atoms with van der Waals surface area (Å²) in [6, 6.07) is 0. The summed E-state index contributed by atoms with van der Waals surface area (Å²) in [7, 11) is 15.7. The van der Waals surface area contributed by atoms with Crippen LogP contribution in [0.25, 0.3) is 0 Å². The van der Waals surface area contributed by atoms with Crippen LogP contribution >= 0.6 is 65.7 Å². The number of hydrogen-bond acceptors (Lipinski definition) is 10. The Morgan fingerprint density at radius 2 is 0.868 bits per heavy atom. The maximum absolute atomic E-state index is 5.74. The van der Waals surface area contributed by atoms with Crippen LogP contribution in [0.15, 0.2) is 0 Å². The normalized spacial score (nSPS) is 13.2. The Balaban J connectivity index is 4.45. The van der Waals surface area contributed by atoms with Gasteiger partial charge in [0.05, 0.1) is 9.98 Å². The zero-order valence-electron chi connectivity index (χ0n) is 24.8. The molecule has 0 aliphatic carbocycles. The zero-order chi connectivity index (χ0) is 28.8. The highest BCUT2D eigenvalue weighted by molar-refractivity contribution is 9.26. The number of rotatable bonds is 25. The van der Waals surface area contributed by atoms with Crippen molar-refractivity contribution < 1.29 is 18.9 Å². The minimum Gasteiger partial charge on any atom is -0.372 e. The Morgan fingerprint density at radius 1 is 0.553 bits per heavy atom. The number of hydrogen-bond donors (Lipinski definition) is 0. The lowest BCUT2D eigenvalue weighted by atomic mass is 9.99. The van der Waals surface area contributed by atoms with Crippen LogP contribution in [-0.2, 0) is 18.9 Å². The molecular weight excluding hydrogens is 597 g/mol. The predicted molar refractivity (Wildman–Crippen MR) is 181 cm³/mol. The van der Waals surface area contributed by atoms with Crippen molar-refractivity contribution in [2.45, 2.75) is 78.8 Å². The number of nitrogens with zero attached hydrogens (tertiary/aromatic N) is 2. The fourth-order valence-electron chi connectivity index (χ4n) is 3.85. The molecular formula is C26H52N2O4S6. The highest BCUT2D eigenvalue weighted by Crippen LogP contribution is 2.44. The first-order valence-corrected chi connectivity index (χ1v) is 19.6. The third kappa shape index (κ3) is 19.2. The van der Waals surface area contributed by atoms with Gasteiger partial charge >= 0.3 is 0 Å². The smallest absolute Gasteiger partial charge is 0.157 e. The molecule has 12 heteroatoms. The second-order valence-corrected chi connectivity index (χ2v) is 16.1. The minimum atomic E-state index is -0.139. The second kappa shape index (κ2) is 25.7. The fourth-order valence-corrected chi connectivity index (χ4v) is 10.6. The van der Waals surface area contributed by atoms with E-state index in [-0.39, 0.29) is 12.6 Å². The molecule has 0 amide bonds. The molecule has 226 valence electrons. The first-order valence-electron chi connectivity index (χ1n) is 13.7. The lowest BCUT2D eigenvalue weighted by molar-refractivity contribution is -0.141. The van der Waals surface area contributed by atoms with Gasteiger partial charge < -0.3 is 28.7 Å². The highest BCUT2D eigenvalue weighted by Gasteiger charge is 2.21. The molecule has 6 nitrogen and oxygen atoms in total. The first-order chi connectivity index (χ1) is 18.2. The van der Waals surface area contributed by atoms with E-state index in [1.807, 2.05) is 97.1 Å². The van der Waals surface area contributed by atoms with E-state index >= 15 is 0 Å². The van der Waals surface area contributed by atoms with Crippen LogP contribution in [0, 0.1) is 11.8 Å². The lowest BCUT2D eigenvalue weighted by Crippen LogP contribution is -2.29. The summed E-state index contributed by atoms with van der Waals surface area (Å²) in [4.78, 5) is 6.17. The quantitative estimate of drug-likeness (QED) is 0.0420. The van der Waals surface area contributed by atoms with Crippen LogP contribution in [0.1, 0.15) is 66.2 Å². The van der Waals surface area contributed by atoms with Crippen molar-refractivity contribution in [3.05, 3.63) is 0 Å². The Morgan fingerprint density at radius 3 is 1.13 bits per heavy atom. The Bertz CT molecular complexity index is 542. The molecule has 2 atom stereocenters. The van der Waals surface area contributed by atoms with Crippen molar-refractivity contribution in [2.75, 3.05) is 66.1 Å². The topological polar surface area (TPSA) is 43.4 Å². The Kier molecular flexibility index (Phi) is 26.4. The molecule has 0 N–H and O–H groups in total. The third-order valence-corrected chi connectivity index (χ3v) is 13.6. The van der Waals surface area contributed by atoms with Crippen LogP contribution in [0.2, 0.25) is 0 Å². The van der Waals surface area contributed by atoms with Gasteiger partial charge in [-0.25, -0.2) is 0 Å². The summed E-state index contributed by atoms with van der Waals surface area (Å²) in [6.07, 6.45) is 5.55. The van der Waals surface area contributed by atoms with Crippen LogP contribution in [0.4, 0.5) is 0 Å². The van der Waals surface area contributed by atoms with Crippen LogP contribution in [-0.4, -0.2) is 98.5 Å². The minimum absolute atomic E-state index is 0.139. The van der Waals surface area contributed by atoms with E-state index < -0.39 is 0 Å². The molecule has 0 bridgehead atoms. The molecule has 0 aromatic carbocycles. The molecule has 0 aliphatic heterocycles. The number of thiocarbonyl (C=S) groups is 2. The largest absolute Gasteiger partial charge is 0.372 e. The van der Waals surface area contributed by atoms with Crippen molar-refractivity contribution in [1.82, 2.24) is 9.80 Å². The maximum Gasteiger partial charge on any atom is 0.157 e.